The molecule has 1 heterocycles. The quantitative estimate of drug-likeness (QED) is 0.313. The fourth-order valence-electron chi connectivity index (χ4n) is 3.80. The minimum atomic E-state index is -4.20. The van der Waals surface area contributed by atoms with Crippen LogP contribution < -0.4 is 0 Å². The van der Waals surface area contributed by atoms with E-state index in [0.717, 1.165) is 27.6 Å². The fourth-order valence-corrected chi connectivity index (χ4v) is 6.41. The molecule has 0 spiro atoms. The second-order valence-electron chi connectivity index (χ2n) is 9.00. The minimum absolute atomic E-state index is 0.0128. The Morgan fingerprint density at radius 1 is 1.19 bits per heavy atom. The summed E-state index contributed by atoms with van der Waals surface area (Å²) < 4.78 is 49.0. The number of aromatic nitrogens is 3. The van der Waals surface area contributed by atoms with Crippen LogP contribution in [0.5, 0.6) is 0 Å². The molecule has 1 aromatic heterocycles. The summed E-state index contributed by atoms with van der Waals surface area (Å²) in [5, 5.41) is 8.35. The Kier molecular flexibility index (Phi) is 9.37. The van der Waals surface area contributed by atoms with E-state index in [4.69, 9.17) is 4.74 Å². The fraction of sp³-hybridized carbons (Fsp3) is 0.400. The molecule has 1 atom stereocenters. The number of rotatable bonds is 11. The Morgan fingerprint density at radius 2 is 1.89 bits per heavy atom. The number of ether oxygens (including phenoxy) is 1. The Morgan fingerprint density at radius 3 is 2.50 bits per heavy atom. The van der Waals surface area contributed by atoms with Gasteiger partial charge >= 0.3 is 5.97 Å². The lowest BCUT2D eigenvalue weighted by molar-refractivity contribution is -0.145. The lowest BCUT2D eigenvalue weighted by Crippen LogP contribution is -2.47. The van der Waals surface area contributed by atoms with Crippen LogP contribution in [0.4, 0.5) is 4.39 Å². The number of esters is 1. The molecule has 194 valence electrons. The molecular weight excluding hydrogens is 551 g/mol. The van der Waals surface area contributed by atoms with E-state index in [1.54, 1.807) is 10.9 Å². The first-order chi connectivity index (χ1) is 17.0. The molecule has 36 heavy (non-hydrogen) atoms. The van der Waals surface area contributed by atoms with Crippen LogP contribution in [0.15, 0.2) is 58.0 Å². The standard InChI is InChI=1S/C25H30BrFN4O4S/c1-17(2)13-23(25(32)35-4)31(36(33,34)24-10-9-20(27)14-22(24)26)12-11-21-16-30(29-28-21)15-19-7-5-18(3)6-8-19/h5-10,14,16-17,23H,11-13,15H2,1-4H3/t23-/m0/s1. The highest BCUT2D eigenvalue weighted by molar-refractivity contribution is 9.10. The van der Waals surface area contributed by atoms with Crippen LogP contribution in [0.1, 0.15) is 37.1 Å². The minimum Gasteiger partial charge on any atom is -0.468 e. The van der Waals surface area contributed by atoms with Crippen molar-refractivity contribution >= 4 is 31.9 Å². The van der Waals surface area contributed by atoms with Crippen molar-refractivity contribution in [2.75, 3.05) is 13.7 Å². The van der Waals surface area contributed by atoms with E-state index in [1.165, 1.54) is 13.2 Å². The monoisotopic (exact) mass is 580 g/mol. The van der Waals surface area contributed by atoms with Gasteiger partial charge in [-0.2, -0.15) is 4.31 Å². The number of carbonyl (C=O) groups excluding carboxylic acids is 1. The topological polar surface area (TPSA) is 94.4 Å². The van der Waals surface area contributed by atoms with Crippen molar-refractivity contribution in [2.45, 2.75) is 51.1 Å². The summed E-state index contributed by atoms with van der Waals surface area (Å²) in [7, 11) is -2.97. The van der Waals surface area contributed by atoms with Crippen LogP contribution >= 0.6 is 15.9 Å². The van der Waals surface area contributed by atoms with Crippen molar-refractivity contribution in [2.24, 2.45) is 5.92 Å². The SMILES string of the molecule is COC(=O)[C@H](CC(C)C)N(CCc1cn(Cc2ccc(C)cc2)nn1)S(=O)(=O)c1ccc(F)cc1Br. The number of aryl methyl sites for hydroxylation is 1. The molecule has 0 saturated carbocycles. The summed E-state index contributed by atoms with van der Waals surface area (Å²) in [4.78, 5) is 12.6. The van der Waals surface area contributed by atoms with Gasteiger partial charge < -0.3 is 4.74 Å². The molecule has 0 aliphatic rings. The van der Waals surface area contributed by atoms with E-state index in [-0.39, 0.29) is 34.7 Å². The van der Waals surface area contributed by atoms with Gasteiger partial charge in [0.2, 0.25) is 10.0 Å². The number of hydrogen-bond acceptors (Lipinski definition) is 6. The van der Waals surface area contributed by atoms with Crippen LogP contribution in [0.25, 0.3) is 0 Å². The molecule has 0 saturated heterocycles. The van der Waals surface area contributed by atoms with Crippen molar-refractivity contribution in [3.63, 3.8) is 0 Å². The molecule has 0 fully saturated rings. The zero-order chi connectivity index (χ0) is 26.5. The average Bonchev–Trinajstić information content (AvgIpc) is 3.26. The molecule has 0 N–H and O–H groups in total. The first-order valence-corrected chi connectivity index (χ1v) is 13.7. The Labute approximate surface area is 219 Å². The predicted octanol–water partition coefficient (Wildman–Crippen LogP) is 4.36. The summed E-state index contributed by atoms with van der Waals surface area (Å²) >= 11 is 3.15. The Hall–Kier alpha value is -2.63. The summed E-state index contributed by atoms with van der Waals surface area (Å²) in [6.07, 6.45) is 2.23. The summed E-state index contributed by atoms with van der Waals surface area (Å²) in [6.45, 7) is 6.29. The van der Waals surface area contributed by atoms with E-state index in [9.17, 15) is 17.6 Å². The van der Waals surface area contributed by atoms with E-state index in [2.05, 4.69) is 26.2 Å². The number of benzene rings is 2. The molecule has 0 aliphatic carbocycles. The third-order valence-corrected chi connectivity index (χ3v) is 8.52. The van der Waals surface area contributed by atoms with Crippen molar-refractivity contribution in [1.82, 2.24) is 19.3 Å². The molecular formula is C25H30BrFN4O4S. The molecule has 3 rings (SSSR count). The Balaban J connectivity index is 1.89. The van der Waals surface area contributed by atoms with E-state index >= 15 is 0 Å². The molecule has 8 nitrogen and oxygen atoms in total. The zero-order valence-corrected chi connectivity index (χ0v) is 23.1. The summed E-state index contributed by atoms with van der Waals surface area (Å²) in [5.41, 5.74) is 2.80. The molecule has 2 aromatic carbocycles. The molecule has 0 amide bonds. The van der Waals surface area contributed by atoms with Crippen LogP contribution in [0.2, 0.25) is 0 Å². The number of methoxy groups -OCH3 is 1. The highest BCUT2D eigenvalue weighted by atomic mass is 79.9. The predicted molar refractivity (Wildman–Crippen MR) is 137 cm³/mol. The first kappa shape index (κ1) is 27.9. The lowest BCUT2D eigenvalue weighted by atomic mass is 10.0. The van der Waals surface area contributed by atoms with Gasteiger partial charge in [-0.3, -0.25) is 4.79 Å². The molecule has 3 aromatic rings. The number of halogens is 2. The highest BCUT2D eigenvalue weighted by Crippen LogP contribution is 2.29. The molecule has 0 bridgehead atoms. The van der Waals surface area contributed by atoms with E-state index in [0.29, 0.717) is 12.2 Å². The number of hydrogen-bond donors (Lipinski definition) is 0. The van der Waals surface area contributed by atoms with Crippen molar-refractivity contribution in [1.29, 1.82) is 0 Å². The second-order valence-corrected chi connectivity index (χ2v) is 11.7. The second kappa shape index (κ2) is 12.1. The normalized spacial score (nSPS) is 12.8. The van der Waals surface area contributed by atoms with Gasteiger partial charge in [0.1, 0.15) is 11.9 Å². The van der Waals surface area contributed by atoms with Crippen LogP contribution in [0, 0.1) is 18.7 Å². The van der Waals surface area contributed by atoms with Gasteiger partial charge in [-0.05, 0) is 59.0 Å². The highest BCUT2D eigenvalue weighted by Gasteiger charge is 2.38. The third-order valence-electron chi connectivity index (χ3n) is 5.64. The number of carbonyl (C=O) groups is 1. The van der Waals surface area contributed by atoms with Gasteiger partial charge in [0.25, 0.3) is 0 Å². The maximum Gasteiger partial charge on any atom is 0.324 e. The van der Waals surface area contributed by atoms with Gasteiger partial charge in [0.15, 0.2) is 0 Å². The van der Waals surface area contributed by atoms with E-state index in [1.807, 2.05) is 45.0 Å². The molecule has 0 radical (unpaired) electrons. The molecule has 11 heteroatoms. The maximum absolute atomic E-state index is 13.7. The summed E-state index contributed by atoms with van der Waals surface area (Å²) in [6, 6.07) is 10.3. The number of nitrogens with zero attached hydrogens (tertiary/aromatic N) is 4. The van der Waals surface area contributed by atoms with Gasteiger partial charge in [-0.15, -0.1) is 5.10 Å². The Bertz CT molecular complexity index is 1300. The first-order valence-electron chi connectivity index (χ1n) is 11.5. The largest absolute Gasteiger partial charge is 0.468 e. The van der Waals surface area contributed by atoms with Crippen LogP contribution in [-0.4, -0.2) is 53.4 Å². The van der Waals surface area contributed by atoms with Gasteiger partial charge in [-0.25, -0.2) is 17.5 Å². The van der Waals surface area contributed by atoms with Gasteiger partial charge in [0.05, 0.1) is 24.2 Å². The van der Waals surface area contributed by atoms with Crippen LogP contribution in [-0.2, 0) is 32.5 Å². The van der Waals surface area contributed by atoms with E-state index < -0.39 is 27.9 Å². The average molecular weight is 582 g/mol. The zero-order valence-electron chi connectivity index (χ0n) is 20.7. The number of sulfonamides is 1. The van der Waals surface area contributed by atoms with Crippen molar-refractivity contribution < 1.29 is 22.3 Å². The lowest BCUT2D eigenvalue weighted by Gasteiger charge is -2.30. The van der Waals surface area contributed by atoms with Crippen molar-refractivity contribution in [3.05, 3.63) is 75.8 Å². The van der Waals surface area contributed by atoms with Gasteiger partial charge in [-0.1, -0.05) is 48.9 Å². The molecule has 0 aliphatic heterocycles. The maximum atomic E-state index is 13.7. The molecule has 0 unspecified atom stereocenters. The smallest absolute Gasteiger partial charge is 0.324 e. The summed E-state index contributed by atoms with van der Waals surface area (Å²) in [5.74, 6) is -1.23. The van der Waals surface area contributed by atoms with Crippen LogP contribution in [0.3, 0.4) is 0 Å². The van der Waals surface area contributed by atoms with Gasteiger partial charge in [0, 0.05) is 23.6 Å². The third kappa shape index (κ3) is 6.98. The van der Waals surface area contributed by atoms with Crippen molar-refractivity contribution in [3.8, 4) is 0 Å².